The standard InChI is InChI=1S/C15H19N3O2/c1-18(9-6-13-4-7-16-8-5-13)12-15(19)17-11-14-3-2-10-20-14/h2-5,7-8,10H,6,9,11-12H2,1H3,(H,17,19). The van der Waals surface area contributed by atoms with Crippen LogP contribution < -0.4 is 5.32 Å². The van der Waals surface area contributed by atoms with Gasteiger partial charge in [-0.15, -0.1) is 0 Å². The van der Waals surface area contributed by atoms with Crippen molar-refractivity contribution in [2.75, 3.05) is 20.1 Å². The fraction of sp³-hybridized carbons (Fsp3) is 0.333. The monoisotopic (exact) mass is 273 g/mol. The van der Waals surface area contributed by atoms with Gasteiger partial charge in [0.05, 0.1) is 19.4 Å². The van der Waals surface area contributed by atoms with Gasteiger partial charge in [-0.05, 0) is 43.3 Å². The van der Waals surface area contributed by atoms with E-state index in [1.54, 1.807) is 18.7 Å². The van der Waals surface area contributed by atoms with Gasteiger partial charge >= 0.3 is 0 Å². The van der Waals surface area contributed by atoms with Crippen molar-refractivity contribution in [3.63, 3.8) is 0 Å². The Balaban J connectivity index is 1.66. The van der Waals surface area contributed by atoms with E-state index in [0.29, 0.717) is 13.1 Å². The Morgan fingerprint density at radius 3 is 2.85 bits per heavy atom. The smallest absolute Gasteiger partial charge is 0.234 e. The number of hydrogen-bond acceptors (Lipinski definition) is 4. The number of rotatable bonds is 7. The SMILES string of the molecule is CN(CCc1ccncc1)CC(=O)NCc1ccco1. The quantitative estimate of drug-likeness (QED) is 0.830. The van der Waals surface area contributed by atoms with Gasteiger partial charge in [0, 0.05) is 18.9 Å². The van der Waals surface area contributed by atoms with Crippen LogP contribution in [0.5, 0.6) is 0 Å². The molecule has 0 aliphatic heterocycles. The Kier molecular flexibility index (Phi) is 5.32. The van der Waals surface area contributed by atoms with E-state index in [0.717, 1.165) is 18.7 Å². The maximum absolute atomic E-state index is 11.8. The molecule has 2 heterocycles. The molecular formula is C15H19N3O2. The van der Waals surface area contributed by atoms with E-state index in [9.17, 15) is 4.79 Å². The number of aromatic nitrogens is 1. The summed E-state index contributed by atoms with van der Waals surface area (Å²) < 4.78 is 5.16. The second-order valence-corrected chi connectivity index (χ2v) is 4.70. The number of carbonyl (C=O) groups excluding carboxylic acids is 1. The second-order valence-electron chi connectivity index (χ2n) is 4.70. The van der Waals surface area contributed by atoms with Crippen LogP contribution in [-0.4, -0.2) is 35.9 Å². The van der Waals surface area contributed by atoms with Crippen LogP contribution in [0.4, 0.5) is 0 Å². The highest BCUT2D eigenvalue weighted by Gasteiger charge is 2.07. The molecule has 0 radical (unpaired) electrons. The molecule has 1 amide bonds. The van der Waals surface area contributed by atoms with E-state index >= 15 is 0 Å². The molecule has 0 aliphatic carbocycles. The summed E-state index contributed by atoms with van der Waals surface area (Å²) >= 11 is 0. The summed E-state index contributed by atoms with van der Waals surface area (Å²) in [6, 6.07) is 7.63. The predicted octanol–water partition coefficient (Wildman–Crippen LogP) is 1.47. The van der Waals surface area contributed by atoms with E-state index in [1.807, 2.05) is 36.2 Å². The Bertz CT molecular complexity index is 511. The molecule has 0 fully saturated rings. The number of amides is 1. The highest BCUT2D eigenvalue weighted by molar-refractivity contribution is 5.77. The average Bonchev–Trinajstić information content (AvgIpc) is 2.97. The van der Waals surface area contributed by atoms with Crippen molar-refractivity contribution in [3.8, 4) is 0 Å². The van der Waals surface area contributed by atoms with Gasteiger partial charge in [0.15, 0.2) is 0 Å². The van der Waals surface area contributed by atoms with Crippen LogP contribution in [0.2, 0.25) is 0 Å². The molecule has 0 spiro atoms. The number of pyridine rings is 1. The lowest BCUT2D eigenvalue weighted by Crippen LogP contribution is -2.35. The maximum atomic E-state index is 11.8. The zero-order valence-corrected chi connectivity index (χ0v) is 11.6. The topological polar surface area (TPSA) is 58.4 Å². The van der Waals surface area contributed by atoms with E-state index in [2.05, 4.69) is 10.3 Å². The van der Waals surface area contributed by atoms with Crippen LogP contribution in [0.1, 0.15) is 11.3 Å². The van der Waals surface area contributed by atoms with Crippen molar-refractivity contribution in [3.05, 3.63) is 54.2 Å². The molecule has 0 saturated heterocycles. The number of nitrogens with one attached hydrogen (secondary N) is 1. The van der Waals surface area contributed by atoms with Crippen molar-refractivity contribution in [1.82, 2.24) is 15.2 Å². The van der Waals surface area contributed by atoms with Crippen LogP contribution in [0, 0.1) is 0 Å². The molecule has 1 N–H and O–H groups in total. The first kappa shape index (κ1) is 14.3. The first-order chi connectivity index (χ1) is 9.74. The number of hydrogen-bond donors (Lipinski definition) is 1. The van der Waals surface area contributed by atoms with Gasteiger partial charge in [-0.3, -0.25) is 14.7 Å². The summed E-state index contributed by atoms with van der Waals surface area (Å²) in [6.07, 6.45) is 6.07. The van der Waals surface area contributed by atoms with Crippen LogP contribution in [0.15, 0.2) is 47.3 Å². The summed E-state index contributed by atoms with van der Waals surface area (Å²) in [4.78, 5) is 17.7. The van der Waals surface area contributed by atoms with Crippen LogP contribution in [0.3, 0.4) is 0 Å². The Morgan fingerprint density at radius 1 is 1.35 bits per heavy atom. The molecule has 2 rings (SSSR count). The summed E-state index contributed by atoms with van der Waals surface area (Å²) in [5.74, 6) is 0.761. The fourth-order valence-electron chi connectivity index (χ4n) is 1.85. The number of likely N-dealkylation sites (N-methyl/N-ethyl adjacent to an activating group) is 1. The molecule has 0 bridgehead atoms. The van der Waals surface area contributed by atoms with E-state index < -0.39 is 0 Å². The first-order valence-electron chi connectivity index (χ1n) is 6.60. The molecule has 0 atom stereocenters. The van der Waals surface area contributed by atoms with Crippen LogP contribution in [-0.2, 0) is 17.8 Å². The normalized spacial score (nSPS) is 10.7. The van der Waals surface area contributed by atoms with Crippen molar-refractivity contribution in [1.29, 1.82) is 0 Å². The van der Waals surface area contributed by atoms with Gasteiger partial charge < -0.3 is 9.73 Å². The van der Waals surface area contributed by atoms with Gasteiger partial charge in [0.25, 0.3) is 0 Å². The minimum absolute atomic E-state index is 0.00127. The zero-order chi connectivity index (χ0) is 14.2. The highest BCUT2D eigenvalue weighted by Crippen LogP contribution is 2.00. The van der Waals surface area contributed by atoms with E-state index in [4.69, 9.17) is 4.42 Å². The third-order valence-corrected chi connectivity index (χ3v) is 2.98. The lowest BCUT2D eigenvalue weighted by atomic mass is 10.2. The molecule has 0 aliphatic rings. The van der Waals surface area contributed by atoms with Gasteiger partial charge in [0.1, 0.15) is 5.76 Å². The number of furan rings is 1. The molecule has 5 heteroatoms. The average molecular weight is 273 g/mol. The molecule has 0 aromatic carbocycles. The molecule has 5 nitrogen and oxygen atoms in total. The predicted molar refractivity (Wildman–Crippen MR) is 76.0 cm³/mol. The Hall–Kier alpha value is -2.14. The fourth-order valence-corrected chi connectivity index (χ4v) is 1.85. The largest absolute Gasteiger partial charge is 0.467 e. The van der Waals surface area contributed by atoms with E-state index in [1.165, 1.54) is 5.56 Å². The van der Waals surface area contributed by atoms with Gasteiger partial charge in [-0.2, -0.15) is 0 Å². The Labute approximate surface area is 118 Å². The minimum Gasteiger partial charge on any atom is -0.467 e. The lowest BCUT2D eigenvalue weighted by Gasteiger charge is -2.15. The van der Waals surface area contributed by atoms with Crippen molar-refractivity contribution >= 4 is 5.91 Å². The van der Waals surface area contributed by atoms with Crippen LogP contribution in [0.25, 0.3) is 0 Å². The summed E-state index contributed by atoms with van der Waals surface area (Å²) in [6.45, 7) is 1.65. The number of carbonyl (C=O) groups is 1. The molecule has 20 heavy (non-hydrogen) atoms. The maximum Gasteiger partial charge on any atom is 0.234 e. The third-order valence-electron chi connectivity index (χ3n) is 2.98. The molecule has 106 valence electrons. The summed E-state index contributed by atoms with van der Waals surface area (Å²) in [5.41, 5.74) is 1.22. The molecule has 0 saturated carbocycles. The first-order valence-corrected chi connectivity index (χ1v) is 6.60. The minimum atomic E-state index is -0.00127. The summed E-state index contributed by atoms with van der Waals surface area (Å²) in [7, 11) is 1.94. The number of nitrogens with zero attached hydrogens (tertiary/aromatic N) is 2. The zero-order valence-electron chi connectivity index (χ0n) is 11.6. The van der Waals surface area contributed by atoms with Crippen molar-refractivity contribution < 1.29 is 9.21 Å². The van der Waals surface area contributed by atoms with Crippen molar-refractivity contribution in [2.24, 2.45) is 0 Å². The van der Waals surface area contributed by atoms with Gasteiger partial charge in [0.2, 0.25) is 5.91 Å². The summed E-state index contributed by atoms with van der Waals surface area (Å²) in [5, 5.41) is 2.83. The molecule has 0 unspecified atom stereocenters. The second kappa shape index (κ2) is 7.45. The third kappa shape index (κ3) is 4.85. The molecular weight excluding hydrogens is 254 g/mol. The van der Waals surface area contributed by atoms with Crippen LogP contribution >= 0.6 is 0 Å². The van der Waals surface area contributed by atoms with Gasteiger partial charge in [-0.25, -0.2) is 0 Å². The highest BCUT2D eigenvalue weighted by atomic mass is 16.3. The van der Waals surface area contributed by atoms with E-state index in [-0.39, 0.29) is 5.91 Å². The van der Waals surface area contributed by atoms with Gasteiger partial charge in [-0.1, -0.05) is 0 Å². The molecule has 2 aromatic rings. The van der Waals surface area contributed by atoms with Crippen molar-refractivity contribution in [2.45, 2.75) is 13.0 Å². The lowest BCUT2D eigenvalue weighted by molar-refractivity contribution is -0.122. The Morgan fingerprint density at radius 2 is 2.15 bits per heavy atom. The molecule has 2 aromatic heterocycles.